The van der Waals surface area contributed by atoms with Crippen LogP contribution >= 0.6 is 0 Å². The molecule has 0 bridgehead atoms. The monoisotopic (exact) mass is 321 g/mol. The quantitative estimate of drug-likeness (QED) is 0.893. The van der Waals surface area contributed by atoms with Gasteiger partial charge in [0.1, 0.15) is 0 Å². The van der Waals surface area contributed by atoms with Gasteiger partial charge in [-0.3, -0.25) is 0 Å². The molecule has 0 saturated heterocycles. The normalized spacial score (nSPS) is 21.6. The summed E-state index contributed by atoms with van der Waals surface area (Å²) in [4.78, 5) is 4.29. The number of hydrogen-bond donors (Lipinski definition) is 2. The lowest BCUT2D eigenvalue weighted by Crippen LogP contribution is -2.54. The van der Waals surface area contributed by atoms with Crippen LogP contribution in [-0.2, 0) is 10.0 Å². The first kappa shape index (κ1) is 15.2. The van der Waals surface area contributed by atoms with E-state index >= 15 is 0 Å². The van der Waals surface area contributed by atoms with Gasteiger partial charge in [-0.05, 0) is 31.4 Å². The van der Waals surface area contributed by atoms with Crippen LogP contribution in [0, 0.1) is 13.8 Å². The number of oxazole rings is 1. The number of aromatic nitrogens is 1. The maximum Gasteiger partial charge on any atom is 0.241 e. The van der Waals surface area contributed by atoms with Crippen molar-refractivity contribution in [3.8, 4) is 11.3 Å². The Kier molecular flexibility index (Phi) is 3.80. The lowest BCUT2D eigenvalue weighted by atomic mass is 9.88. The van der Waals surface area contributed by atoms with Crippen LogP contribution in [0.3, 0.4) is 0 Å². The maximum atomic E-state index is 12.6. The largest absolute Gasteiger partial charge is 0.441 e. The molecule has 1 heterocycles. The zero-order chi connectivity index (χ0) is 15.9. The summed E-state index contributed by atoms with van der Waals surface area (Å²) in [5.41, 5.74) is 7.19. The SMILES string of the molecule is Cc1ncc(-c2ccc(C)c(S(=O)(=O)N[C@@H]3CC[C@@H]3N)c2)o1. The highest BCUT2D eigenvalue weighted by molar-refractivity contribution is 7.89. The molecule has 1 aliphatic rings. The van der Waals surface area contributed by atoms with E-state index in [9.17, 15) is 8.42 Å². The van der Waals surface area contributed by atoms with Gasteiger partial charge in [-0.25, -0.2) is 18.1 Å². The zero-order valence-corrected chi connectivity index (χ0v) is 13.4. The number of nitrogens with zero attached hydrogens (tertiary/aromatic N) is 1. The van der Waals surface area contributed by atoms with E-state index in [2.05, 4.69) is 9.71 Å². The van der Waals surface area contributed by atoms with Gasteiger partial charge >= 0.3 is 0 Å². The molecule has 0 unspecified atom stereocenters. The summed E-state index contributed by atoms with van der Waals surface area (Å²) >= 11 is 0. The second kappa shape index (κ2) is 5.49. The van der Waals surface area contributed by atoms with Crippen molar-refractivity contribution in [2.24, 2.45) is 5.73 Å². The Morgan fingerprint density at radius 3 is 2.64 bits per heavy atom. The van der Waals surface area contributed by atoms with Crippen molar-refractivity contribution in [3.05, 3.63) is 35.9 Å². The average Bonchev–Trinajstić information content (AvgIpc) is 2.90. The molecule has 0 aliphatic heterocycles. The van der Waals surface area contributed by atoms with E-state index in [1.165, 1.54) is 0 Å². The summed E-state index contributed by atoms with van der Waals surface area (Å²) in [6.45, 7) is 3.51. The molecule has 22 heavy (non-hydrogen) atoms. The van der Waals surface area contributed by atoms with E-state index in [1.807, 2.05) is 6.07 Å². The van der Waals surface area contributed by atoms with Crippen molar-refractivity contribution in [1.82, 2.24) is 9.71 Å². The maximum absolute atomic E-state index is 12.6. The van der Waals surface area contributed by atoms with Crippen LogP contribution in [0.25, 0.3) is 11.3 Å². The Hall–Kier alpha value is -1.70. The molecule has 3 N–H and O–H groups in total. The minimum Gasteiger partial charge on any atom is -0.441 e. The van der Waals surface area contributed by atoms with E-state index in [1.54, 1.807) is 32.2 Å². The molecule has 1 fully saturated rings. The summed E-state index contributed by atoms with van der Waals surface area (Å²) in [5.74, 6) is 1.09. The fourth-order valence-corrected chi connectivity index (χ4v) is 4.06. The number of sulfonamides is 1. The summed E-state index contributed by atoms with van der Waals surface area (Å²) in [6.07, 6.45) is 3.22. The predicted octanol–water partition coefficient (Wildman–Crippen LogP) is 1.73. The van der Waals surface area contributed by atoms with E-state index in [-0.39, 0.29) is 17.0 Å². The number of aryl methyl sites for hydroxylation is 2. The van der Waals surface area contributed by atoms with Gasteiger partial charge in [-0.15, -0.1) is 0 Å². The molecule has 3 rings (SSSR count). The van der Waals surface area contributed by atoms with Gasteiger partial charge < -0.3 is 10.2 Å². The summed E-state index contributed by atoms with van der Waals surface area (Å²) in [6, 6.07) is 4.92. The summed E-state index contributed by atoms with van der Waals surface area (Å²) in [7, 11) is -3.60. The molecular weight excluding hydrogens is 302 g/mol. The molecule has 2 aromatic rings. The molecule has 118 valence electrons. The molecular formula is C15H19N3O3S. The van der Waals surface area contributed by atoms with Crippen molar-refractivity contribution < 1.29 is 12.8 Å². The van der Waals surface area contributed by atoms with Gasteiger partial charge in [0.25, 0.3) is 0 Å². The van der Waals surface area contributed by atoms with Crippen molar-refractivity contribution in [1.29, 1.82) is 0 Å². The fraction of sp³-hybridized carbons (Fsp3) is 0.400. The van der Waals surface area contributed by atoms with E-state index in [4.69, 9.17) is 10.2 Å². The van der Waals surface area contributed by atoms with Crippen molar-refractivity contribution in [2.75, 3.05) is 0 Å². The van der Waals surface area contributed by atoms with Gasteiger partial charge in [0, 0.05) is 24.6 Å². The first-order valence-corrected chi connectivity index (χ1v) is 8.66. The molecule has 1 saturated carbocycles. The highest BCUT2D eigenvalue weighted by Crippen LogP contribution is 2.27. The second-order valence-corrected chi connectivity index (χ2v) is 7.38. The molecule has 1 aromatic heterocycles. The van der Waals surface area contributed by atoms with Gasteiger partial charge in [0.15, 0.2) is 11.7 Å². The van der Waals surface area contributed by atoms with Crippen molar-refractivity contribution in [2.45, 2.75) is 43.7 Å². The van der Waals surface area contributed by atoms with Gasteiger partial charge in [0.05, 0.1) is 11.1 Å². The van der Waals surface area contributed by atoms with E-state index in [0.29, 0.717) is 22.8 Å². The van der Waals surface area contributed by atoms with Crippen LogP contribution in [-0.4, -0.2) is 25.5 Å². The molecule has 0 spiro atoms. The minimum absolute atomic E-state index is 0.102. The molecule has 0 amide bonds. The van der Waals surface area contributed by atoms with Crippen LogP contribution < -0.4 is 10.5 Å². The first-order chi connectivity index (χ1) is 10.4. The second-order valence-electron chi connectivity index (χ2n) is 5.69. The third-order valence-electron chi connectivity index (χ3n) is 4.02. The lowest BCUT2D eigenvalue weighted by Gasteiger charge is -2.33. The Bertz CT molecular complexity index is 798. The number of nitrogens with two attached hydrogens (primary N) is 1. The van der Waals surface area contributed by atoms with Crippen molar-refractivity contribution >= 4 is 10.0 Å². The van der Waals surface area contributed by atoms with Gasteiger partial charge in [0.2, 0.25) is 10.0 Å². The average molecular weight is 321 g/mol. The Morgan fingerprint density at radius 1 is 1.32 bits per heavy atom. The molecule has 6 nitrogen and oxygen atoms in total. The minimum atomic E-state index is -3.60. The molecule has 7 heteroatoms. The Morgan fingerprint density at radius 2 is 2.09 bits per heavy atom. The van der Waals surface area contributed by atoms with Crippen LogP contribution in [0.4, 0.5) is 0 Å². The number of hydrogen-bond acceptors (Lipinski definition) is 5. The molecule has 2 atom stereocenters. The fourth-order valence-electron chi connectivity index (χ4n) is 2.47. The van der Waals surface area contributed by atoms with Crippen LogP contribution in [0.5, 0.6) is 0 Å². The van der Waals surface area contributed by atoms with Crippen LogP contribution in [0.15, 0.2) is 33.7 Å². The van der Waals surface area contributed by atoms with E-state index < -0.39 is 10.0 Å². The van der Waals surface area contributed by atoms with Gasteiger partial charge in [-0.1, -0.05) is 12.1 Å². The Labute approximate surface area is 129 Å². The topological polar surface area (TPSA) is 98.2 Å². The third kappa shape index (κ3) is 2.79. The molecule has 0 radical (unpaired) electrons. The number of nitrogens with one attached hydrogen (secondary N) is 1. The summed E-state index contributed by atoms with van der Waals surface area (Å²) < 4.78 is 33.3. The van der Waals surface area contributed by atoms with Gasteiger partial charge in [-0.2, -0.15) is 0 Å². The third-order valence-corrected chi connectivity index (χ3v) is 5.65. The molecule has 1 aliphatic carbocycles. The van der Waals surface area contributed by atoms with Crippen molar-refractivity contribution in [3.63, 3.8) is 0 Å². The lowest BCUT2D eigenvalue weighted by molar-refractivity contribution is 0.321. The smallest absolute Gasteiger partial charge is 0.241 e. The Balaban J connectivity index is 1.95. The first-order valence-electron chi connectivity index (χ1n) is 7.18. The highest BCUT2D eigenvalue weighted by Gasteiger charge is 2.32. The number of benzene rings is 1. The molecule has 1 aromatic carbocycles. The highest BCUT2D eigenvalue weighted by atomic mass is 32.2. The zero-order valence-electron chi connectivity index (χ0n) is 12.5. The van der Waals surface area contributed by atoms with Crippen LogP contribution in [0.1, 0.15) is 24.3 Å². The van der Waals surface area contributed by atoms with Crippen LogP contribution in [0.2, 0.25) is 0 Å². The number of rotatable bonds is 4. The van der Waals surface area contributed by atoms with E-state index in [0.717, 1.165) is 12.8 Å². The summed E-state index contributed by atoms with van der Waals surface area (Å²) in [5, 5.41) is 0. The standard InChI is InChI=1S/C15H19N3O3S/c1-9-3-4-11(14-8-17-10(2)21-14)7-15(9)22(19,20)18-13-6-5-12(13)16/h3-4,7-8,12-13,18H,5-6,16H2,1-2H3/t12-,13+/m0/s1. The predicted molar refractivity (Wildman–Crippen MR) is 82.7 cm³/mol.